The molecule has 0 amide bonds. The molecular formula is C15H18O2. The van der Waals surface area contributed by atoms with E-state index < -0.39 is 0 Å². The molecule has 17 heavy (non-hydrogen) atoms. The predicted octanol–water partition coefficient (Wildman–Crippen LogP) is 3.26. The van der Waals surface area contributed by atoms with E-state index in [9.17, 15) is 9.59 Å². The van der Waals surface area contributed by atoms with Crippen LogP contribution in [-0.2, 0) is 4.79 Å². The van der Waals surface area contributed by atoms with Crippen molar-refractivity contribution in [1.29, 1.82) is 0 Å². The van der Waals surface area contributed by atoms with Crippen LogP contribution in [0.15, 0.2) is 30.3 Å². The summed E-state index contributed by atoms with van der Waals surface area (Å²) in [6.45, 7) is 2.16. The van der Waals surface area contributed by atoms with Gasteiger partial charge in [-0.25, -0.2) is 0 Å². The number of Topliss-reactive ketones (excluding diaryl/α,β-unsaturated/α-hetero) is 2. The van der Waals surface area contributed by atoms with Gasteiger partial charge in [0.1, 0.15) is 5.78 Å². The van der Waals surface area contributed by atoms with Crippen LogP contribution in [0.4, 0.5) is 0 Å². The Morgan fingerprint density at radius 2 is 2.00 bits per heavy atom. The molecule has 0 aromatic heterocycles. The van der Waals surface area contributed by atoms with Crippen molar-refractivity contribution in [3.05, 3.63) is 35.9 Å². The van der Waals surface area contributed by atoms with Crippen LogP contribution in [0.5, 0.6) is 0 Å². The van der Waals surface area contributed by atoms with E-state index in [1.807, 2.05) is 30.3 Å². The van der Waals surface area contributed by atoms with Crippen molar-refractivity contribution in [1.82, 2.24) is 0 Å². The van der Waals surface area contributed by atoms with Crippen molar-refractivity contribution in [3.63, 3.8) is 0 Å². The molecule has 1 aliphatic rings. The van der Waals surface area contributed by atoms with Crippen LogP contribution in [0.1, 0.15) is 43.0 Å². The molecule has 0 unspecified atom stereocenters. The number of rotatable bonds is 3. The van der Waals surface area contributed by atoms with E-state index in [1.165, 1.54) is 0 Å². The van der Waals surface area contributed by atoms with E-state index in [-0.39, 0.29) is 17.5 Å². The van der Waals surface area contributed by atoms with Gasteiger partial charge >= 0.3 is 0 Å². The monoisotopic (exact) mass is 230 g/mol. The van der Waals surface area contributed by atoms with Gasteiger partial charge in [-0.05, 0) is 18.8 Å². The van der Waals surface area contributed by atoms with Crippen LogP contribution in [0.25, 0.3) is 0 Å². The molecule has 0 aliphatic heterocycles. The first kappa shape index (κ1) is 12.0. The number of hydrogen-bond donors (Lipinski definition) is 0. The molecule has 0 heterocycles. The highest BCUT2D eigenvalue weighted by atomic mass is 16.1. The SMILES string of the molecule is C[C@H]1CCC(=O)[C@H](CC(=O)c2ccccc2)C1. The molecule has 1 aromatic rings. The Labute approximate surface area is 102 Å². The standard InChI is InChI=1S/C15H18O2/c1-11-7-8-14(16)13(9-11)10-15(17)12-5-3-2-4-6-12/h2-6,11,13H,7-10H2,1H3/t11-,13-/m0/s1. The molecular weight excluding hydrogens is 212 g/mol. The molecule has 1 aromatic carbocycles. The smallest absolute Gasteiger partial charge is 0.163 e. The van der Waals surface area contributed by atoms with E-state index in [4.69, 9.17) is 0 Å². The summed E-state index contributed by atoms with van der Waals surface area (Å²) in [5.74, 6) is 0.887. The third-order valence-corrected chi connectivity index (χ3v) is 3.55. The lowest BCUT2D eigenvalue weighted by Gasteiger charge is -2.24. The first-order chi connectivity index (χ1) is 8.16. The lowest BCUT2D eigenvalue weighted by atomic mass is 9.78. The number of carbonyl (C=O) groups excluding carboxylic acids is 2. The summed E-state index contributed by atoms with van der Waals surface area (Å²) in [4.78, 5) is 23.8. The zero-order valence-corrected chi connectivity index (χ0v) is 10.2. The number of carbonyl (C=O) groups is 2. The normalized spacial score (nSPS) is 24.6. The van der Waals surface area contributed by atoms with Crippen molar-refractivity contribution in [3.8, 4) is 0 Å². The van der Waals surface area contributed by atoms with Gasteiger partial charge < -0.3 is 0 Å². The summed E-state index contributed by atoms with van der Waals surface area (Å²) in [6, 6.07) is 9.25. The van der Waals surface area contributed by atoms with E-state index in [0.717, 1.165) is 18.4 Å². The number of benzene rings is 1. The summed E-state index contributed by atoms with van der Waals surface area (Å²) in [6.07, 6.45) is 2.88. The second kappa shape index (κ2) is 5.26. The fraction of sp³-hybridized carbons (Fsp3) is 0.467. The van der Waals surface area contributed by atoms with Crippen molar-refractivity contribution >= 4 is 11.6 Å². The molecule has 2 nitrogen and oxygen atoms in total. The van der Waals surface area contributed by atoms with Crippen LogP contribution < -0.4 is 0 Å². The fourth-order valence-corrected chi connectivity index (χ4v) is 2.49. The molecule has 1 saturated carbocycles. The molecule has 0 radical (unpaired) electrons. The molecule has 1 fully saturated rings. The first-order valence-corrected chi connectivity index (χ1v) is 6.28. The molecule has 0 spiro atoms. The summed E-state index contributed by atoms with van der Waals surface area (Å²) < 4.78 is 0. The largest absolute Gasteiger partial charge is 0.299 e. The number of hydrogen-bond acceptors (Lipinski definition) is 2. The van der Waals surface area contributed by atoms with Crippen LogP contribution >= 0.6 is 0 Å². The summed E-state index contributed by atoms with van der Waals surface area (Å²) in [5.41, 5.74) is 0.721. The Morgan fingerprint density at radius 1 is 1.29 bits per heavy atom. The summed E-state index contributed by atoms with van der Waals surface area (Å²) >= 11 is 0. The summed E-state index contributed by atoms with van der Waals surface area (Å²) in [5, 5.41) is 0. The van der Waals surface area contributed by atoms with E-state index in [0.29, 0.717) is 18.8 Å². The van der Waals surface area contributed by atoms with Gasteiger partial charge in [-0.15, -0.1) is 0 Å². The highest BCUT2D eigenvalue weighted by Crippen LogP contribution is 2.29. The van der Waals surface area contributed by atoms with Gasteiger partial charge in [-0.1, -0.05) is 37.3 Å². The average Bonchev–Trinajstić information content (AvgIpc) is 2.35. The van der Waals surface area contributed by atoms with Crippen LogP contribution in [0.2, 0.25) is 0 Å². The maximum atomic E-state index is 12.0. The minimum Gasteiger partial charge on any atom is -0.299 e. The highest BCUT2D eigenvalue weighted by molar-refractivity contribution is 5.98. The predicted molar refractivity (Wildman–Crippen MR) is 66.9 cm³/mol. The van der Waals surface area contributed by atoms with Gasteiger partial charge in [0.15, 0.2) is 5.78 Å². The van der Waals surface area contributed by atoms with E-state index in [2.05, 4.69) is 6.92 Å². The molecule has 0 N–H and O–H groups in total. The van der Waals surface area contributed by atoms with Crippen LogP contribution in [0.3, 0.4) is 0 Å². The quantitative estimate of drug-likeness (QED) is 0.747. The van der Waals surface area contributed by atoms with Gasteiger partial charge in [-0.2, -0.15) is 0 Å². The van der Waals surface area contributed by atoms with Crippen LogP contribution in [-0.4, -0.2) is 11.6 Å². The van der Waals surface area contributed by atoms with Crippen LogP contribution in [0, 0.1) is 11.8 Å². The molecule has 1 aliphatic carbocycles. The van der Waals surface area contributed by atoms with Gasteiger partial charge in [-0.3, -0.25) is 9.59 Å². The molecule has 2 heteroatoms. The van der Waals surface area contributed by atoms with E-state index >= 15 is 0 Å². The molecule has 2 rings (SSSR count). The minimum absolute atomic E-state index is 0.0496. The Balaban J connectivity index is 2.01. The van der Waals surface area contributed by atoms with Crippen molar-refractivity contribution < 1.29 is 9.59 Å². The average molecular weight is 230 g/mol. The van der Waals surface area contributed by atoms with Crippen molar-refractivity contribution in [2.24, 2.45) is 11.8 Å². The molecule has 2 atom stereocenters. The van der Waals surface area contributed by atoms with Crippen molar-refractivity contribution in [2.45, 2.75) is 32.6 Å². The second-order valence-electron chi connectivity index (χ2n) is 5.04. The Kier molecular flexibility index (Phi) is 3.72. The molecule has 90 valence electrons. The number of ketones is 2. The fourth-order valence-electron chi connectivity index (χ4n) is 2.49. The second-order valence-corrected chi connectivity index (χ2v) is 5.04. The molecule has 0 bridgehead atoms. The lowest BCUT2D eigenvalue weighted by Crippen LogP contribution is -2.25. The van der Waals surface area contributed by atoms with E-state index in [1.54, 1.807) is 0 Å². The zero-order valence-electron chi connectivity index (χ0n) is 10.2. The maximum absolute atomic E-state index is 12.0. The molecule has 0 saturated heterocycles. The minimum atomic E-state index is -0.0496. The third kappa shape index (κ3) is 3.02. The topological polar surface area (TPSA) is 34.1 Å². The Hall–Kier alpha value is -1.44. The maximum Gasteiger partial charge on any atom is 0.163 e. The van der Waals surface area contributed by atoms with Gasteiger partial charge in [0, 0.05) is 24.3 Å². The zero-order chi connectivity index (χ0) is 12.3. The third-order valence-electron chi connectivity index (χ3n) is 3.55. The Morgan fingerprint density at radius 3 is 2.71 bits per heavy atom. The van der Waals surface area contributed by atoms with Crippen molar-refractivity contribution in [2.75, 3.05) is 0 Å². The van der Waals surface area contributed by atoms with Gasteiger partial charge in [0.05, 0.1) is 0 Å². The highest BCUT2D eigenvalue weighted by Gasteiger charge is 2.28. The Bertz CT molecular complexity index is 408. The van der Waals surface area contributed by atoms with Gasteiger partial charge in [0.2, 0.25) is 0 Å². The van der Waals surface area contributed by atoms with Gasteiger partial charge in [0.25, 0.3) is 0 Å². The first-order valence-electron chi connectivity index (χ1n) is 6.28. The summed E-state index contributed by atoms with van der Waals surface area (Å²) in [7, 11) is 0. The lowest BCUT2D eigenvalue weighted by molar-refractivity contribution is -0.125.